The molecule has 3 N–H and O–H groups in total. The zero-order valence-electron chi connectivity index (χ0n) is 12.1. The maximum Gasteiger partial charge on any atom is 0.270 e. The van der Waals surface area contributed by atoms with Gasteiger partial charge < -0.3 is 16.0 Å². The summed E-state index contributed by atoms with van der Waals surface area (Å²) < 4.78 is 0. The summed E-state index contributed by atoms with van der Waals surface area (Å²) in [5.74, 6) is 0.687. The largest absolute Gasteiger partial charge is 0.351 e. The first-order valence-corrected chi connectivity index (χ1v) is 8.18. The lowest BCUT2D eigenvalue weighted by Crippen LogP contribution is -2.32. The van der Waals surface area contributed by atoms with Crippen LogP contribution in [0.1, 0.15) is 34.8 Å². The summed E-state index contributed by atoms with van der Waals surface area (Å²) in [6.45, 7) is 3.67. The number of carbonyl (C=O) groups excluding carboxylic acids is 1. The van der Waals surface area contributed by atoms with Crippen molar-refractivity contribution in [3.8, 4) is 0 Å². The number of hydrogen-bond acceptors (Lipinski definition) is 5. The molecule has 5 nitrogen and oxygen atoms in total. The van der Waals surface area contributed by atoms with Gasteiger partial charge in [-0.05, 0) is 51.9 Å². The minimum absolute atomic E-state index is 0.0579. The fourth-order valence-corrected chi connectivity index (χ4v) is 3.28. The number of rotatable bonds is 6. The number of likely N-dealkylation sites (tertiary alicyclic amines) is 1. The van der Waals surface area contributed by atoms with Gasteiger partial charge in [0.05, 0.1) is 5.01 Å². The molecule has 1 saturated heterocycles. The van der Waals surface area contributed by atoms with Gasteiger partial charge >= 0.3 is 0 Å². The highest BCUT2D eigenvalue weighted by Crippen LogP contribution is 2.18. The van der Waals surface area contributed by atoms with Gasteiger partial charge in [0.2, 0.25) is 0 Å². The average Bonchev–Trinajstić information content (AvgIpc) is 2.90. The topological polar surface area (TPSA) is 71.2 Å². The van der Waals surface area contributed by atoms with E-state index in [1.165, 1.54) is 37.3 Å². The number of nitrogens with one attached hydrogen (secondary N) is 1. The first-order valence-electron chi connectivity index (χ1n) is 7.30. The molecule has 0 bridgehead atoms. The highest BCUT2D eigenvalue weighted by Gasteiger charge is 2.17. The minimum atomic E-state index is -0.0579. The normalized spacial score (nSPS) is 17.3. The second kappa shape index (κ2) is 7.71. The SMILES string of the molecule is CN1CCC(CCNC(=O)c2csc(CCN)n2)CC1. The van der Waals surface area contributed by atoms with Crippen LogP contribution in [0.15, 0.2) is 5.38 Å². The molecule has 1 aromatic rings. The maximum atomic E-state index is 11.9. The van der Waals surface area contributed by atoms with Gasteiger partial charge in [-0.25, -0.2) is 4.98 Å². The van der Waals surface area contributed by atoms with E-state index < -0.39 is 0 Å². The standard InChI is InChI=1S/C14H24N4OS/c1-18-8-4-11(5-9-18)3-7-16-14(19)12-10-20-13(17-12)2-6-15/h10-11H,2-9,15H2,1H3,(H,16,19). The molecular formula is C14H24N4OS. The Morgan fingerprint density at radius 2 is 2.30 bits per heavy atom. The highest BCUT2D eigenvalue weighted by molar-refractivity contribution is 7.09. The number of nitrogens with zero attached hydrogens (tertiary/aromatic N) is 2. The van der Waals surface area contributed by atoms with Gasteiger partial charge in [0.15, 0.2) is 0 Å². The third-order valence-electron chi connectivity index (χ3n) is 3.82. The molecule has 1 aliphatic rings. The van der Waals surface area contributed by atoms with Crippen molar-refractivity contribution in [3.05, 3.63) is 16.1 Å². The molecule has 6 heteroatoms. The van der Waals surface area contributed by atoms with Gasteiger partial charge in [-0.15, -0.1) is 11.3 Å². The summed E-state index contributed by atoms with van der Waals surface area (Å²) in [5.41, 5.74) is 6.01. The molecule has 1 amide bonds. The van der Waals surface area contributed by atoms with Crippen molar-refractivity contribution in [3.63, 3.8) is 0 Å². The van der Waals surface area contributed by atoms with E-state index in [0.717, 1.165) is 30.3 Å². The van der Waals surface area contributed by atoms with E-state index >= 15 is 0 Å². The summed E-state index contributed by atoms with van der Waals surface area (Å²) in [4.78, 5) is 18.6. The van der Waals surface area contributed by atoms with Crippen LogP contribution in [0.2, 0.25) is 0 Å². The maximum absolute atomic E-state index is 11.9. The summed E-state index contributed by atoms with van der Waals surface area (Å²) >= 11 is 1.51. The van der Waals surface area contributed by atoms with E-state index in [-0.39, 0.29) is 5.91 Å². The van der Waals surface area contributed by atoms with Gasteiger partial charge in [0.1, 0.15) is 5.69 Å². The average molecular weight is 296 g/mol. The van der Waals surface area contributed by atoms with E-state index in [9.17, 15) is 4.79 Å². The molecule has 2 rings (SSSR count). The van der Waals surface area contributed by atoms with E-state index in [1.807, 2.05) is 5.38 Å². The number of thiazole rings is 1. The second-order valence-corrected chi connectivity index (χ2v) is 6.40. The fraction of sp³-hybridized carbons (Fsp3) is 0.714. The Bertz CT molecular complexity index is 427. The predicted octanol–water partition coefficient (Wildman–Crippen LogP) is 1.11. The highest BCUT2D eigenvalue weighted by atomic mass is 32.1. The lowest BCUT2D eigenvalue weighted by molar-refractivity contribution is 0.0944. The van der Waals surface area contributed by atoms with Crippen molar-refractivity contribution in [1.82, 2.24) is 15.2 Å². The van der Waals surface area contributed by atoms with Gasteiger partial charge in [-0.3, -0.25) is 4.79 Å². The van der Waals surface area contributed by atoms with Crippen LogP contribution in [0, 0.1) is 5.92 Å². The van der Waals surface area contributed by atoms with Crippen LogP contribution >= 0.6 is 11.3 Å². The van der Waals surface area contributed by atoms with Crippen molar-refractivity contribution in [2.75, 3.05) is 33.2 Å². The molecule has 1 aromatic heterocycles. The fourth-order valence-electron chi connectivity index (χ4n) is 2.48. The van der Waals surface area contributed by atoms with Crippen molar-refractivity contribution in [1.29, 1.82) is 0 Å². The number of piperidine rings is 1. The number of aromatic nitrogens is 1. The van der Waals surface area contributed by atoms with E-state index in [0.29, 0.717) is 12.2 Å². The molecule has 0 spiro atoms. The smallest absolute Gasteiger partial charge is 0.270 e. The van der Waals surface area contributed by atoms with Crippen LogP contribution < -0.4 is 11.1 Å². The van der Waals surface area contributed by atoms with E-state index in [1.54, 1.807) is 0 Å². The Kier molecular flexibility index (Phi) is 5.94. The molecule has 2 heterocycles. The summed E-state index contributed by atoms with van der Waals surface area (Å²) in [7, 11) is 2.17. The van der Waals surface area contributed by atoms with E-state index in [4.69, 9.17) is 5.73 Å². The number of nitrogens with two attached hydrogens (primary N) is 1. The number of amides is 1. The molecule has 0 atom stereocenters. The van der Waals surface area contributed by atoms with Crippen molar-refractivity contribution >= 4 is 17.2 Å². The molecule has 0 aliphatic carbocycles. The first-order chi connectivity index (χ1) is 9.69. The van der Waals surface area contributed by atoms with Gasteiger partial charge in [0, 0.05) is 18.3 Å². The summed E-state index contributed by atoms with van der Waals surface area (Å²) in [5, 5.41) is 5.73. The minimum Gasteiger partial charge on any atom is -0.351 e. The first kappa shape index (κ1) is 15.4. The van der Waals surface area contributed by atoms with Crippen molar-refractivity contribution in [2.45, 2.75) is 25.7 Å². The van der Waals surface area contributed by atoms with Crippen LogP contribution in [0.5, 0.6) is 0 Å². The monoisotopic (exact) mass is 296 g/mol. The zero-order chi connectivity index (χ0) is 14.4. The molecule has 0 radical (unpaired) electrons. The molecule has 0 saturated carbocycles. The van der Waals surface area contributed by atoms with Gasteiger partial charge in [0.25, 0.3) is 5.91 Å². The summed E-state index contributed by atoms with van der Waals surface area (Å²) in [6.07, 6.45) is 4.29. The Morgan fingerprint density at radius 3 is 3.00 bits per heavy atom. The molecule has 20 heavy (non-hydrogen) atoms. The van der Waals surface area contributed by atoms with Crippen LogP contribution in [-0.4, -0.2) is 49.0 Å². The Hall–Kier alpha value is -0.980. The Labute approximate surface area is 124 Å². The molecular weight excluding hydrogens is 272 g/mol. The zero-order valence-corrected chi connectivity index (χ0v) is 12.9. The molecule has 0 unspecified atom stereocenters. The third-order valence-corrected chi connectivity index (χ3v) is 4.73. The quantitative estimate of drug-likeness (QED) is 0.825. The van der Waals surface area contributed by atoms with Gasteiger partial charge in [-0.2, -0.15) is 0 Å². The molecule has 1 aliphatic heterocycles. The van der Waals surface area contributed by atoms with E-state index in [2.05, 4.69) is 22.2 Å². The van der Waals surface area contributed by atoms with Crippen LogP contribution in [0.25, 0.3) is 0 Å². The number of hydrogen-bond donors (Lipinski definition) is 2. The molecule has 112 valence electrons. The van der Waals surface area contributed by atoms with Gasteiger partial charge in [-0.1, -0.05) is 0 Å². The third kappa shape index (κ3) is 4.54. The molecule has 0 aromatic carbocycles. The Morgan fingerprint density at radius 1 is 1.55 bits per heavy atom. The van der Waals surface area contributed by atoms with Crippen molar-refractivity contribution < 1.29 is 4.79 Å². The summed E-state index contributed by atoms with van der Waals surface area (Å²) in [6, 6.07) is 0. The van der Waals surface area contributed by atoms with Crippen LogP contribution in [-0.2, 0) is 6.42 Å². The number of carbonyl (C=O) groups is 1. The lowest BCUT2D eigenvalue weighted by Gasteiger charge is -2.28. The van der Waals surface area contributed by atoms with Crippen LogP contribution in [0.4, 0.5) is 0 Å². The van der Waals surface area contributed by atoms with Crippen molar-refractivity contribution in [2.24, 2.45) is 11.7 Å². The Balaban J connectivity index is 1.69. The predicted molar refractivity (Wildman–Crippen MR) is 82.0 cm³/mol. The lowest BCUT2D eigenvalue weighted by atomic mass is 9.94. The molecule has 1 fully saturated rings. The second-order valence-electron chi connectivity index (χ2n) is 5.46. The van der Waals surface area contributed by atoms with Crippen LogP contribution in [0.3, 0.4) is 0 Å².